The number of hydrogen-bond donors (Lipinski definition) is 1. The predicted molar refractivity (Wildman–Crippen MR) is 87.9 cm³/mol. The quantitative estimate of drug-likeness (QED) is 0.848. The van der Waals surface area contributed by atoms with Gasteiger partial charge in [0.2, 0.25) is 0 Å². The molecule has 2 aliphatic heterocycles. The third-order valence-electron chi connectivity index (χ3n) is 4.43. The second-order valence-corrected chi connectivity index (χ2v) is 7.34. The van der Waals surface area contributed by atoms with E-state index < -0.39 is 0 Å². The second-order valence-electron chi connectivity index (χ2n) is 6.14. The molecule has 2 fully saturated rings. The molecular formula is C15H27N5S. The molecule has 2 aliphatic rings. The van der Waals surface area contributed by atoms with Crippen molar-refractivity contribution in [2.24, 2.45) is 0 Å². The summed E-state index contributed by atoms with van der Waals surface area (Å²) < 4.78 is 0. The van der Waals surface area contributed by atoms with Crippen LogP contribution in [0.15, 0.2) is 6.20 Å². The largest absolute Gasteiger partial charge is 0.314 e. The van der Waals surface area contributed by atoms with Crippen LogP contribution in [0.25, 0.3) is 0 Å². The van der Waals surface area contributed by atoms with Crippen molar-refractivity contribution in [3.63, 3.8) is 0 Å². The zero-order chi connectivity index (χ0) is 14.5. The number of nitrogens with one attached hydrogen (secondary N) is 1. The molecule has 21 heavy (non-hydrogen) atoms. The van der Waals surface area contributed by atoms with Crippen molar-refractivity contribution in [3.05, 3.63) is 16.1 Å². The lowest BCUT2D eigenvalue weighted by Crippen LogP contribution is -2.45. The molecular weight excluding hydrogens is 282 g/mol. The normalized spacial score (nSPS) is 22.7. The Morgan fingerprint density at radius 3 is 2.62 bits per heavy atom. The molecule has 5 nitrogen and oxygen atoms in total. The topological polar surface area (TPSA) is 34.6 Å². The van der Waals surface area contributed by atoms with Crippen molar-refractivity contribution >= 4 is 11.3 Å². The lowest BCUT2D eigenvalue weighted by Gasteiger charge is -2.32. The van der Waals surface area contributed by atoms with Gasteiger partial charge < -0.3 is 15.1 Å². The summed E-state index contributed by atoms with van der Waals surface area (Å²) in [6.07, 6.45) is 3.20. The van der Waals surface area contributed by atoms with E-state index in [4.69, 9.17) is 0 Å². The Hall–Kier alpha value is -0.530. The Bertz CT molecular complexity index is 421. The third-order valence-corrected chi connectivity index (χ3v) is 5.47. The van der Waals surface area contributed by atoms with Gasteiger partial charge in [-0.3, -0.25) is 4.90 Å². The molecule has 3 rings (SSSR count). The van der Waals surface area contributed by atoms with E-state index in [0.29, 0.717) is 0 Å². The number of piperazine rings is 2. The van der Waals surface area contributed by atoms with Crippen molar-refractivity contribution in [2.75, 3.05) is 66.0 Å². The Kier molecular flexibility index (Phi) is 5.60. The second kappa shape index (κ2) is 7.65. The molecule has 2 saturated heterocycles. The molecule has 0 atom stereocenters. The number of nitrogens with zero attached hydrogens (tertiary/aromatic N) is 4. The van der Waals surface area contributed by atoms with Crippen LogP contribution in [0.3, 0.4) is 0 Å². The number of likely N-dealkylation sites (N-methyl/N-ethyl adjacent to an activating group) is 1. The smallest absolute Gasteiger partial charge is 0.0940 e. The number of rotatable bonds is 5. The van der Waals surface area contributed by atoms with Gasteiger partial charge in [-0.05, 0) is 7.05 Å². The first-order valence-electron chi connectivity index (χ1n) is 8.07. The Morgan fingerprint density at radius 2 is 1.86 bits per heavy atom. The van der Waals surface area contributed by atoms with Crippen molar-refractivity contribution in [1.82, 2.24) is 25.0 Å². The molecule has 118 valence electrons. The van der Waals surface area contributed by atoms with E-state index >= 15 is 0 Å². The van der Waals surface area contributed by atoms with E-state index in [1.165, 1.54) is 36.1 Å². The van der Waals surface area contributed by atoms with E-state index in [-0.39, 0.29) is 0 Å². The summed E-state index contributed by atoms with van der Waals surface area (Å²) in [6, 6.07) is 0. The lowest BCUT2D eigenvalue weighted by atomic mass is 10.3. The monoisotopic (exact) mass is 309 g/mol. The Morgan fingerprint density at radius 1 is 1.10 bits per heavy atom. The van der Waals surface area contributed by atoms with Gasteiger partial charge in [-0.2, -0.15) is 0 Å². The highest BCUT2D eigenvalue weighted by Crippen LogP contribution is 2.16. The third kappa shape index (κ3) is 4.72. The lowest BCUT2D eigenvalue weighted by molar-refractivity contribution is 0.155. The molecule has 0 saturated carbocycles. The van der Waals surface area contributed by atoms with E-state index in [9.17, 15) is 0 Å². The van der Waals surface area contributed by atoms with Crippen LogP contribution in [0, 0.1) is 0 Å². The van der Waals surface area contributed by atoms with Crippen LogP contribution in [0.2, 0.25) is 0 Å². The Labute approximate surface area is 131 Å². The highest BCUT2D eigenvalue weighted by Gasteiger charge is 2.15. The van der Waals surface area contributed by atoms with Crippen LogP contribution in [-0.4, -0.2) is 85.6 Å². The van der Waals surface area contributed by atoms with Gasteiger partial charge in [0.1, 0.15) is 0 Å². The molecule has 0 aliphatic carbocycles. The average Bonchev–Trinajstić information content (AvgIpc) is 2.95. The summed E-state index contributed by atoms with van der Waals surface area (Å²) in [7, 11) is 2.21. The molecule has 1 N–H and O–H groups in total. The number of thiazole rings is 1. The van der Waals surface area contributed by atoms with Crippen LogP contribution >= 0.6 is 11.3 Å². The van der Waals surface area contributed by atoms with Gasteiger partial charge in [-0.25, -0.2) is 4.98 Å². The Balaban J connectivity index is 1.42. The molecule has 0 bridgehead atoms. The molecule has 0 aromatic carbocycles. The maximum absolute atomic E-state index is 4.62. The van der Waals surface area contributed by atoms with Crippen LogP contribution in [0.4, 0.5) is 0 Å². The maximum atomic E-state index is 4.62. The minimum Gasteiger partial charge on any atom is -0.314 e. The van der Waals surface area contributed by atoms with E-state index in [1.54, 1.807) is 0 Å². The minimum absolute atomic E-state index is 1.08. The molecule has 3 heterocycles. The summed E-state index contributed by atoms with van der Waals surface area (Å²) in [5.41, 5.74) is 0. The van der Waals surface area contributed by atoms with Gasteiger partial charge in [0.15, 0.2) is 0 Å². The van der Waals surface area contributed by atoms with Crippen LogP contribution < -0.4 is 5.32 Å². The van der Waals surface area contributed by atoms with Gasteiger partial charge in [-0.1, -0.05) is 0 Å². The zero-order valence-corrected chi connectivity index (χ0v) is 13.9. The molecule has 6 heteroatoms. The van der Waals surface area contributed by atoms with Gasteiger partial charge >= 0.3 is 0 Å². The molecule has 0 unspecified atom stereocenters. The molecule has 0 amide bonds. The summed E-state index contributed by atoms with van der Waals surface area (Å²) in [5.74, 6) is 0. The summed E-state index contributed by atoms with van der Waals surface area (Å²) in [5, 5.41) is 4.71. The highest BCUT2D eigenvalue weighted by molar-refractivity contribution is 7.11. The van der Waals surface area contributed by atoms with Gasteiger partial charge in [0.25, 0.3) is 0 Å². The fraction of sp³-hybridized carbons (Fsp3) is 0.800. The van der Waals surface area contributed by atoms with Crippen LogP contribution in [0.1, 0.15) is 9.88 Å². The van der Waals surface area contributed by atoms with Gasteiger partial charge in [0.05, 0.1) is 5.01 Å². The highest BCUT2D eigenvalue weighted by atomic mass is 32.1. The van der Waals surface area contributed by atoms with Gasteiger partial charge in [-0.15, -0.1) is 11.3 Å². The van der Waals surface area contributed by atoms with Crippen molar-refractivity contribution in [1.29, 1.82) is 0 Å². The van der Waals surface area contributed by atoms with Gasteiger partial charge in [0, 0.05) is 82.9 Å². The van der Waals surface area contributed by atoms with Crippen LogP contribution in [-0.2, 0) is 13.0 Å². The summed E-state index contributed by atoms with van der Waals surface area (Å²) in [6.45, 7) is 11.6. The maximum Gasteiger partial charge on any atom is 0.0940 e. The summed E-state index contributed by atoms with van der Waals surface area (Å²) >= 11 is 1.91. The minimum atomic E-state index is 1.08. The van der Waals surface area contributed by atoms with E-state index in [1.807, 2.05) is 11.3 Å². The molecule has 0 spiro atoms. The fourth-order valence-electron chi connectivity index (χ4n) is 2.95. The van der Waals surface area contributed by atoms with Crippen LogP contribution in [0.5, 0.6) is 0 Å². The average molecular weight is 309 g/mol. The van der Waals surface area contributed by atoms with Crippen molar-refractivity contribution < 1.29 is 0 Å². The fourth-order valence-corrected chi connectivity index (χ4v) is 3.91. The first-order chi connectivity index (χ1) is 10.3. The molecule has 0 radical (unpaired) electrons. The van der Waals surface area contributed by atoms with E-state index in [2.05, 4.69) is 38.2 Å². The zero-order valence-electron chi connectivity index (χ0n) is 13.1. The van der Waals surface area contributed by atoms with E-state index in [0.717, 1.165) is 45.7 Å². The first kappa shape index (κ1) is 15.4. The van der Waals surface area contributed by atoms with Crippen molar-refractivity contribution in [2.45, 2.75) is 13.0 Å². The first-order valence-corrected chi connectivity index (χ1v) is 8.89. The number of aromatic nitrogens is 1. The van der Waals surface area contributed by atoms with Crippen molar-refractivity contribution in [3.8, 4) is 0 Å². The molecule has 1 aromatic heterocycles. The summed E-state index contributed by atoms with van der Waals surface area (Å²) in [4.78, 5) is 13.5. The SMILES string of the molecule is CN1CCN(CCc2ncc(CN3CCNCC3)s2)CC1. The number of hydrogen-bond acceptors (Lipinski definition) is 6. The standard InChI is InChI=1S/C15H27N5S/c1-18-8-10-19(11-9-18)5-2-15-17-12-14(21-15)13-20-6-3-16-4-7-20/h12,16H,2-11,13H2,1H3. The molecule has 1 aromatic rings. The predicted octanol–water partition coefficient (Wildman–Crippen LogP) is 0.338.